The first-order valence-electron chi connectivity index (χ1n) is 8.01. The van der Waals surface area contributed by atoms with Gasteiger partial charge in [-0.3, -0.25) is 14.5 Å². The lowest BCUT2D eigenvalue weighted by molar-refractivity contribution is 0.0920. The van der Waals surface area contributed by atoms with E-state index in [0.717, 1.165) is 30.8 Å². The monoisotopic (exact) mass is 306 g/mol. The molecule has 0 aliphatic carbocycles. The number of nitrogens with one attached hydrogen (secondary N) is 1. The van der Waals surface area contributed by atoms with Crippen molar-refractivity contribution in [3.63, 3.8) is 0 Å². The van der Waals surface area contributed by atoms with Crippen LogP contribution in [-0.4, -0.2) is 52.3 Å². The normalized spacial score (nSPS) is 20.3. The molecular formula is C17H26N2O3. The SMILES string of the molecule is CCc1c(C(=O)CN2CCC(C(C)O)C2)[nH]c(C)c1C(C)=O. The number of carbonyl (C=O) groups is 2. The van der Waals surface area contributed by atoms with Gasteiger partial charge in [0.15, 0.2) is 11.6 Å². The van der Waals surface area contributed by atoms with Gasteiger partial charge in [0.2, 0.25) is 0 Å². The smallest absolute Gasteiger partial charge is 0.193 e. The van der Waals surface area contributed by atoms with E-state index >= 15 is 0 Å². The van der Waals surface area contributed by atoms with Crippen LogP contribution in [0.1, 0.15) is 59.3 Å². The fourth-order valence-corrected chi connectivity index (χ4v) is 3.43. The van der Waals surface area contributed by atoms with Crippen LogP contribution in [0.25, 0.3) is 0 Å². The van der Waals surface area contributed by atoms with Crippen LogP contribution in [0.3, 0.4) is 0 Å². The summed E-state index contributed by atoms with van der Waals surface area (Å²) in [5.41, 5.74) is 2.84. The van der Waals surface area contributed by atoms with Crippen molar-refractivity contribution in [1.29, 1.82) is 0 Å². The number of aryl methyl sites for hydroxylation is 1. The molecule has 0 radical (unpaired) electrons. The molecule has 1 saturated heterocycles. The summed E-state index contributed by atoms with van der Waals surface area (Å²) in [7, 11) is 0. The third-order valence-electron chi connectivity index (χ3n) is 4.63. The van der Waals surface area contributed by atoms with Crippen molar-refractivity contribution in [3.8, 4) is 0 Å². The lowest BCUT2D eigenvalue weighted by Gasteiger charge is -2.16. The van der Waals surface area contributed by atoms with Crippen LogP contribution in [0, 0.1) is 12.8 Å². The van der Waals surface area contributed by atoms with Gasteiger partial charge in [0.05, 0.1) is 18.3 Å². The second kappa shape index (κ2) is 6.75. The summed E-state index contributed by atoms with van der Waals surface area (Å²) < 4.78 is 0. The molecule has 0 spiro atoms. The van der Waals surface area contributed by atoms with Crippen molar-refractivity contribution < 1.29 is 14.7 Å². The maximum Gasteiger partial charge on any atom is 0.193 e. The van der Waals surface area contributed by atoms with Crippen LogP contribution >= 0.6 is 0 Å². The molecule has 1 aromatic heterocycles. The highest BCUT2D eigenvalue weighted by Gasteiger charge is 2.29. The molecule has 0 aromatic carbocycles. The van der Waals surface area contributed by atoms with E-state index in [2.05, 4.69) is 9.88 Å². The highest BCUT2D eigenvalue weighted by molar-refractivity contribution is 6.04. The molecule has 1 aliphatic heterocycles. The summed E-state index contributed by atoms with van der Waals surface area (Å²) in [6.07, 6.45) is 1.26. The van der Waals surface area contributed by atoms with Crippen molar-refractivity contribution in [3.05, 3.63) is 22.5 Å². The number of nitrogens with zero attached hydrogens (tertiary/aromatic N) is 1. The second-order valence-electron chi connectivity index (χ2n) is 6.34. The summed E-state index contributed by atoms with van der Waals surface area (Å²) in [4.78, 5) is 29.6. The molecule has 1 aliphatic rings. The molecule has 2 rings (SSSR count). The fraction of sp³-hybridized carbons (Fsp3) is 0.647. The number of likely N-dealkylation sites (tertiary alicyclic amines) is 1. The Morgan fingerprint density at radius 3 is 2.64 bits per heavy atom. The van der Waals surface area contributed by atoms with Gasteiger partial charge >= 0.3 is 0 Å². The minimum Gasteiger partial charge on any atom is -0.393 e. The number of aliphatic hydroxyl groups is 1. The number of hydrogen-bond acceptors (Lipinski definition) is 4. The molecule has 2 heterocycles. The number of rotatable bonds is 6. The van der Waals surface area contributed by atoms with Gasteiger partial charge in [0.25, 0.3) is 0 Å². The van der Waals surface area contributed by atoms with Gasteiger partial charge in [0, 0.05) is 17.8 Å². The van der Waals surface area contributed by atoms with Gasteiger partial charge in [0.1, 0.15) is 0 Å². The highest BCUT2D eigenvalue weighted by atomic mass is 16.3. The number of aliphatic hydroxyl groups excluding tert-OH is 1. The average Bonchev–Trinajstić information content (AvgIpc) is 3.02. The lowest BCUT2D eigenvalue weighted by Crippen LogP contribution is -2.30. The van der Waals surface area contributed by atoms with Gasteiger partial charge in [-0.2, -0.15) is 0 Å². The average molecular weight is 306 g/mol. The summed E-state index contributed by atoms with van der Waals surface area (Å²) in [6.45, 7) is 9.08. The van der Waals surface area contributed by atoms with E-state index in [-0.39, 0.29) is 23.6 Å². The third kappa shape index (κ3) is 3.31. The van der Waals surface area contributed by atoms with Gasteiger partial charge in [-0.1, -0.05) is 6.92 Å². The zero-order chi connectivity index (χ0) is 16.4. The highest BCUT2D eigenvalue weighted by Crippen LogP contribution is 2.23. The Labute approximate surface area is 131 Å². The van der Waals surface area contributed by atoms with E-state index in [1.807, 2.05) is 13.8 Å². The Morgan fingerprint density at radius 1 is 1.45 bits per heavy atom. The fourth-order valence-electron chi connectivity index (χ4n) is 3.43. The topological polar surface area (TPSA) is 73.4 Å². The Bertz CT molecular complexity index is 575. The molecule has 0 bridgehead atoms. The van der Waals surface area contributed by atoms with Crippen molar-refractivity contribution in [2.75, 3.05) is 19.6 Å². The van der Waals surface area contributed by atoms with E-state index < -0.39 is 0 Å². The zero-order valence-electron chi connectivity index (χ0n) is 13.9. The number of ketones is 2. The second-order valence-corrected chi connectivity index (χ2v) is 6.34. The molecule has 2 N–H and O–H groups in total. The first-order chi connectivity index (χ1) is 10.3. The summed E-state index contributed by atoms with van der Waals surface area (Å²) in [6, 6.07) is 0. The van der Waals surface area contributed by atoms with E-state index in [1.54, 1.807) is 6.92 Å². The Kier molecular flexibility index (Phi) is 5.19. The van der Waals surface area contributed by atoms with Crippen LogP contribution < -0.4 is 0 Å². The molecule has 2 atom stereocenters. The zero-order valence-corrected chi connectivity index (χ0v) is 13.9. The number of hydrogen-bond donors (Lipinski definition) is 2. The predicted octanol–water partition coefficient (Wildman–Crippen LogP) is 1.97. The van der Waals surface area contributed by atoms with E-state index in [4.69, 9.17) is 0 Å². The minimum absolute atomic E-state index is 0.00000756. The molecule has 2 unspecified atom stereocenters. The first-order valence-corrected chi connectivity index (χ1v) is 8.01. The van der Waals surface area contributed by atoms with Crippen LogP contribution in [0.4, 0.5) is 0 Å². The van der Waals surface area contributed by atoms with Gasteiger partial charge < -0.3 is 10.1 Å². The van der Waals surface area contributed by atoms with Crippen molar-refractivity contribution in [2.45, 2.75) is 46.6 Å². The molecule has 122 valence electrons. The van der Waals surface area contributed by atoms with E-state index in [9.17, 15) is 14.7 Å². The molecule has 1 fully saturated rings. The summed E-state index contributed by atoms with van der Waals surface area (Å²) in [5, 5.41) is 9.65. The van der Waals surface area contributed by atoms with Crippen LogP contribution in [0.2, 0.25) is 0 Å². The van der Waals surface area contributed by atoms with Crippen molar-refractivity contribution >= 4 is 11.6 Å². The summed E-state index contributed by atoms with van der Waals surface area (Å²) >= 11 is 0. The minimum atomic E-state index is -0.330. The predicted molar refractivity (Wildman–Crippen MR) is 85.5 cm³/mol. The molecule has 5 heteroatoms. The maximum atomic E-state index is 12.6. The summed E-state index contributed by atoms with van der Waals surface area (Å²) in [5.74, 6) is 0.273. The first kappa shape index (κ1) is 16.9. The van der Waals surface area contributed by atoms with Crippen LogP contribution in [0.5, 0.6) is 0 Å². The van der Waals surface area contributed by atoms with Crippen molar-refractivity contribution in [2.24, 2.45) is 5.92 Å². The van der Waals surface area contributed by atoms with Gasteiger partial charge in [-0.25, -0.2) is 0 Å². The Balaban J connectivity index is 2.14. The van der Waals surface area contributed by atoms with Crippen LogP contribution in [-0.2, 0) is 6.42 Å². The van der Waals surface area contributed by atoms with Crippen molar-refractivity contribution in [1.82, 2.24) is 9.88 Å². The number of Topliss-reactive ketones (excluding diaryl/α,β-unsaturated/α-hetero) is 2. The molecule has 5 nitrogen and oxygen atoms in total. The largest absolute Gasteiger partial charge is 0.393 e. The number of aromatic nitrogens is 1. The standard InChI is InChI=1S/C17H26N2O3/c1-5-14-16(12(4)21)10(2)18-17(14)15(22)9-19-7-6-13(8-19)11(3)20/h11,13,18,20H,5-9H2,1-4H3. The molecule has 0 amide bonds. The number of H-pyrrole nitrogens is 1. The number of aromatic amines is 1. The molecule has 0 saturated carbocycles. The Hall–Kier alpha value is -1.46. The number of carbonyl (C=O) groups excluding carboxylic acids is 2. The quantitative estimate of drug-likeness (QED) is 0.788. The lowest BCUT2D eigenvalue weighted by atomic mass is 10.0. The molecule has 22 heavy (non-hydrogen) atoms. The van der Waals surface area contributed by atoms with Gasteiger partial charge in [-0.05, 0) is 51.6 Å². The van der Waals surface area contributed by atoms with Crippen LogP contribution in [0.15, 0.2) is 0 Å². The third-order valence-corrected chi connectivity index (χ3v) is 4.63. The van der Waals surface area contributed by atoms with E-state index in [0.29, 0.717) is 24.2 Å². The van der Waals surface area contributed by atoms with Gasteiger partial charge in [-0.15, -0.1) is 0 Å². The van der Waals surface area contributed by atoms with E-state index in [1.165, 1.54) is 6.92 Å². The molecular weight excluding hydrogens is 280 g/mol. The maximum absolute atomic E-state index is 12.6. The molecule has 1 aromatic rings. The Morgan fingerprint density at radius 2 is 2.14 bits per heavy atom.